The molecule has 2 N–H and O–H groups in total. The molecule has 0 saturated heterocycles. The molecule has 25 heavy (non-hydrogen) atoms. The number of nitrogens with zero attached hydrogens (tertiary/aromatic N) is 1. The number of nitrogens with one attached hydrogen (secondary N) is 2. The van der Waals surface area contributed by atoms with Crippen molar-refractivity contribution in [1.82, 2.24) is 0 Å². The minimum absolute atomic E-state index is 0.0183. The maximum Gasteiger partial charge on any atom is 0.269 e. The summed E-state index contributed by atoms with van der Waals surface area (Å²) < 4.78 is 0. The second-order valence-corrected chi connectivity index (χ2v) is 6.97. The highest BCUT2D eigenvalue weighted by Crippen LogP contribution is 2.38. The molecule has 1 aliphatic heterocycles. The van der Waals surface area contributed by atoms with Crippen molar-refractivity contribution in [3.8, 4) is 0 Å². The summed E-state index contributed by atoms with van der Waals surface area (Å²) in [6.45, 7) is 0. The van der Waals surface area contributed by atoms with Crippen LogP contribution in [0.2, 0.25) is 5.02 Å². The van der Waals surface area contributed by atoms with Crippen molar-refractivity contribution in [3.05, 3.63) is 57.6 Å². The monoisotopic (exact) mass is 377 g/mol. The molecule has 2 aromatic carbocycles. The lowest BCUT2D eigenvalue weighted by molar-refractivity contribution is -0.384. The van der Waals surface area contributed by atoms with Gasteiger partial charge >= 0.3 is 0 Å². The highest BCUT2D eigenvalue weighted by Gasteiger charge is 2.29. The molecule has 9 heteroatoms. The number of rotatable bonds is 4. The van der Waals surface area contributed by atoms with Crippen molar-refractivity contribution in [1.29, 1.82) is 0 Å². The molecule has 0 bridgehead atoms. The van der Waals surface area contributed by atoms with Gasteiger partial charge in [-0.1, -0.05) is 11.6 Å². The molecule has 0 spiro atoms. The maximum atomic E-state index is 12.2. The van der Waals surface area contributed by atoms with E-state index in [2.05, 4.69) is 10.6 Å². The van der Waals surface area contributed by atoms with Gasteiger partial charge in [0.15, 0.2) is 0 Å². The lowest BCUT2D eigenvalue weighted by atomic mass is 10.2. The Morgan fingerprint density at radius 2 is 2.00 bits per heavy atom. The number of thioether (sulfide) groups is 1. The van der Waals surface area contributed by atoms with Crippen LogP contribution in [0.1, 0.15) is 6.42 Å². The first kappa shape index (κ1) is 17.2. The quantitative estimate of drug-likeness (QED) is 0.625. The summed E-state index contributed by atoms with van der Waals surface area (Å²) in [4.78, 5) is 35.2. The van der Waals surface area contributed by atoms with Crippen LogP contribution in [0.3, 0.4) is 0 Å². The minimum Gasteiger partial charge on any atom is -0.326 e. The molecule has 1 heterocycles. The molecule has 0 aliphatic carbocycles. The first-order chi connectivity index (χ1) is 11.9. The fourth-order valence-corrected chi connectivity index (χ4v) is 3.57. The Labute approximate surface area is 151 Å². The predicted octanol–water partition coefficient (Wildman–Crippen LogP) is 3.69. The molecule has 1 atom stereocenters. The van der Waals surface area contributed by atoms with Crippen LogP contribution in [-0.2, 0) is 9.59 Å². The predicted molar refractivity (Wildman–Crippen MR) is 96.1 cm³/mol. The summed E-state index contributed by atoms with van der Waals surface area (Å²) in [5.41, 5.74) is 1.01. The molecule has 3 rings (SSSR count). The average Bonchev–Trinajstić information content (AvgIpc) is 2.56. The molecule has 0 radical (unpaired) electrons. The van der Waals surface area contributed by atoms with Crippen molar-refractivity contribution in [3.63, 3.8) is 0 Å². The number of nitro benzene ring substituents is 1. The number of non-ortho nitro benzene ring substituents is 1. The highest BCUT2D eigenvalue weighted by molar-refractivity contribution is 8.01. The van der Waals surface area contributed by atoms with Gasteiger partial charge in [-0.3, -0.25) is 19.7 Å². The Hall–Kier alpha value is -2.58. The lowest BCUT2D eigenvalue weighted by Gasteiger charge is -2.23. The number of carbonyl (C=O) groups is 2. The Balaban J connectivity index is 1.64. The Morgan fingerprint density at radius 1 is 1.28 bits per heavy atom. The van der Waals surface area contributed by atoms with E-state index >= 15 is 0 Å². The van der Waals surface area contributed by atoms with Crippen LogP contribution >= 0.6 is 23.4 Å². The number of anilines is 2. The van der Waals surface area contributed by atoms with Crippen LogP contribution in [0.15, 0.2) is 47.4 Å². The van der Waals surface area contributed by atoms with Crippen molar-refractivity contribution < 1.29 is 14.5 Å². The number of halogens is 1. The van der Waals surface area contributed by atoms with Gasteiger partial charge in [0.25, 0.3) is 5.69 Å². The van der Waals surface area contributed by atoms with E-state index in [9.17, 15) is 19.7 Å². The van der Waals surface area contributed by atoms with Crippen LogP contribution in [0.5, 0.6) is 0 Å². The van der Waals surface area contributed by atoms with Crippen molar-refractivity contribution in [2.45, 2.75) is 16.6 Å². The van der Waals surface area contributed by atoms with Crippen LogP contribution < -0.4 is 10.6 Å². The Bertz CT molecular complexity index is 857. The molecule has 0 unspecified atom stereocenters. The van der Waals surface area contributed by atoms with E-state index in [4.69, 9.17) is 11.6 Å². The van der Waals surface area contributed by atoms with E-state index in [0.29, 0.717) is 16.4 Å². The first-order valence-electron chi connectivity index (χ1n) is 7.24. The second kappa shape index (κ2) is 7.12. The summed E-state index contributed by atoms with van der Waals surface area (Å²) in [6, 6.07) is 10.7. The van der Waals surface area contributed by atoms with Gasteiger partial charge in [0.2, 0.25) is 11.8 Å². The van der Waals surface area contributed by atoms with E-state index < -0.39 is 10.2 Å². The summed E-state index contributed by atoms with van der Waals surface area (Å²) in [5, 5.41) is 16.0. The molecule has 2 aromatic rings. The normalized spacial score (nSPS) is 15.9. The van der Waals surface area contributed by atoms with Crippen molar-refractivity contribution >= 4 is 52.2 Å². The zero-order valence-corrected chi connectivity index (χ0v) is 14.3. The Morgan fingerprint density at radius 3 is 2.68 bits per heavy atom. The highest BCUT2D eigenvalue weighted by atomic mass is 35.5. The van der Waals surface area contributed by atoms with E-state index in [1.807, 2.05) is 0 Å². The van der Waals surface area contributed by atoms with Crippen LogP contribution in [0.25, 0.3) is 0 Å². The van der Waals surface area contributed by atoms with Crippen LogP contribution in [0.4, 0.5) is 17.1 Å². The fraction of sp³-hybridized carbons (Fsp3) is 0.125. The first-order valence-corrected chi connectivity index (χ1v) is 8.49. The average molecular weight is 378 g/mol. The molecule has 2 amide bonds. The number of amides is 2. The lowest BCUT2D eigenvalue weighted by Crippen LogP contribution is -2.32. The number of benzene rings is 2. The maximum absolute atomic E-state index is 12.2. The fourth-order valence-electron chi connectivity index (χ4n) is 2.30. The summed E-state index contributed by atoms with van der Waals surface area (Å²) in [6.07, 6.45) is -0.0183. The molecular weight excluding hydrogens is 366 g/mol. The molecule has 0 saturated carbocycles. The number of fused-ring (bicyclic) bond motifs is 1. The summed E-state index contributed by atoms with van der Waals surface area (Å²) in [7, 11) is 0. The van der Waals surface area contributed by atoms with Gasteiger partial charge in [-0.15, -0.1) is 11.8 Å². The van der Waals surface area contributed by atoms with Crippen LogP contribution in [-0.4, -0.2) is 22.0 Å². The third-order valence-electron chi connectivity index (χ3n) is 3.49. The molecule has 128 valence electrons. The van der Waals surface area contributed by atoms with Gasteiger partial charge in [0.1, 0.15) is 0 Å². The third-order valence-corrected chi connectivity index (χ3v) is 5.00. The minimum atomic E-state index is -0.563. The van der Waals surface area contributed by atoms with Gasteiger partial charge in [-0.2, -0.15) is 0 Å². The number of nitro groups is 1. The number of hydrogen-bond acceptors (Lipinski definition) is 5. The third kappa shape index (κ3) is 4.09. The van der Waals surface area contributed by atoms with E-state index in [0.717, 1.165) is 4.90 Å². The zero-order valence-electron chi connectivity index (χ0n) is 12.7. The molecule has 0 aromatic heterocycles. The largest absolute Gasteiger partial charge is 0.326 e. The van der Waals surface area contributed by atoms with E-state index in [1.54, 1.807) is 18.2 Å². The number of hydrogen-bond donors (Lipinski definition) is 2. The van der Waals surface area contributed by atoms with Gasteiger partial charge in [-0.05, 0) is 30.3 Å². The standard InChI is InChI=1S/C16H12ClN3O4S/c17-9-1-6-13-12(7-9)19-16(22)14(25-13)8-15(21)18-10-2-4-11(5-3-10)20(23)24/h1-7,14H,8H2,(H,18,21)(H,19,22)/t14-/m0/s1. The van der Waals surface area contributed by atoms with Gasteiger partial charge < -0.3 is 10.6 Å². The van der Waals surface area contributed by atoms with Gasteiger partial charge in [-0.25, -0.2) is 0 Å². The molecule has 7 nitrogen and oxygen atoms in total. The van der Waals surface area contributed by atoms with Gasteiger partial charge in [0, 0.05) is 34.2 Å². The van der Waals surface area contributed by atoms with E-state index in [-0.39, 0.29) is 23.9 Å². The smallest absolute Gasteiger partial charge is 0.269 e. The van der Waals surface area contributed by atoms with Crippen LogP contribution in [0, 0.1) is 10.1 Å². The molecule has 0 fully saturated rings. The SMILES string of the molecule is O=C(C[C@@H]1Sc2ccc(Cl)cc2NC1=O)Nc1ccc([N+](=O)[O-])cc1. The van der Waals surface area contributed by atoms with Gasteiger partial charge in [0.05, 0.1) is 15.9 Å². The molecule has 1 aliphatic rings. The van der Waals surface area contributed by atoms with Crippen molar-refractivity contribution in [2.75, 3.05) is 10.6 Å². The topological polar surface area (TPSA) is 101 Å². The Kier molecular flexibility index (Phi) is 4.91. The molecular formula is C16H12ClN3O4S. The van der Waals surface area contributed by atoms with E-state index in [1.165, 1.54) is 36.0 Å². The number of carbonyl (C=O) groups excluding carboxylic acids is 2. The summed E-state index contributed by atoms with van der Waals surface area (Å²) in [5.74, 6) is -0.613. The zero-order chi connectivity index (χ0) is 18.0. The second-order valence-electron chi connectivity index (χ2n) is 5.29. The summed E-state index contributed by atoms with van der Waals surface area (Å²) >= 11 is 7.20. The van der Waals surface area contributed by atoms with Crippen molar-refractivity contribution in [2.24, 2.45) is 0 Å².